The van der Waals surface area contributed by atoms with Gasteiger partial charge in [-0.3, -0.25) is 4.79 Å². The molecule has 1 aliphatic carbocycles. The maximum absolute atomic E-state index is 10.6. The highest BCUT2D eigenvalue weighted by Gasteiger charge is 2.39. The van der Waals surface area contributed by atoms with Crippen LogP contribution in [-0.4, -0.2) is 23.2 Å². The third kappa shape index (κ3) is 1.57. The lowest BCUT2D eigenvalue weighted by Gasteiger charge is -2.07. The molecule has 1 unspecified atom stereocenters. The first-order valence-electron chi connectivity index (χ1n) is 4.26. The molecule has 0 aromatic rings. The maximum atomic E-state index is 10.6. The van der Waals surface area contributed by atoms with Gasteiger partial charge in [0.05, 0.1) is 0 Å². The predicted octanol–water partition coefficient (Wildman–Crippen LogP) is 1.02. The second kappa shape index (κ2) is 3.62. The van der Waals surface area contributed by atoms with Gasteiger partial charge >= 0.3 is 5.97 Å². The average molecular weight is 192 g/mol. The minimum Gasteiger partial charge on any atom is -0.480 e. The predicted molar refractivity (Wildman–Crippen MR) is 47.6 cm³/mol. The van der Waals surface area contributed by atoms with E-state index < -0.39 is 5.97 Å². The van der Waals surface area contributed by atoms with Crippen molar-refractivity contribution in [2.45, 2.75) is 37.8 Å². The Labute approximate surface area is 77.9 Å². The molecule has 70 valence electrons. The van der Waals surface area contributed by atoms with Crippen LogP contribution in [0.15, 0.2) is 0 Å². The van der Waals surface area contributed by atoms with Gasteiger partial charge in [0, 0.05) is 6.04 Å². The number of aliphatic carboxylic acids is 1. The largest absolute Gasteiger partial charge is 0.480 e. The Balaban J connectivity index is 0.000000720. The number of carboxylic acid groups (broad SMARTS) is 1. The van der Waals surface area contributed by atoms with Crippen molar-refractivity contribution in [2.75, 3.05) is 0 Å². The average Bonchev–Trinajstić information content (AvgIpc) is 2.40. The molecule has 0 radical (unpaired) electrons. The molecule has 3 nitrogen and oxygen atoms in total. The number of nitrogens with one attached hydrogen (secondary N) is 1. The summed E-state index contributed by atoms with van der Waals surface area (Å²) in [5.74, 6) is -0.0319. The van der Waals surface area contributed by atoms with Gasteiger partial charge in [-0.15, -0.1) is 12.4 Å². The van der Waals surface area contributed by atoms with E-state index in [4.69, 9.17) is 5.11 Å². The quantitative estimate of drug-likeness (QED) is 0.651. The zero-order chi connectivity index (χ0) is 7.84. The van der Waals surface area contributed by atoms with Crippen molar-refractivity contribution in [2.24, 2.45) is 5.92 Å². The van der Waals surface area contributed by atoms with Crippen LogP contribution in [0.1, 0.15) is 25.7 Å². The summed E-state index contributed by atoms with van der Waals surface area (Å²) in [6.07, 6.45) is 4.52. The number of halogens is 1. The molecule has 0 spiro atoms. The maximum Gasteiger partial charge on any atom is 0.320 e. The highest BCUT2D eigenvalue weighted by molar-refractivity contribution is 5.85. The molecule has 3 atom stereocenters. The van der Waals surface area contributed by atoms with E-state index in [1.54, 1.807) is 0 Å². The van der Waals surface area contributed by atoms with Gasteiger partial charge in [-0.2, -0.15) is 0 Å². The van der Waals surface area contributed by atoms with E-state index in [0.29, 0.717) is 12.0 Å². The Hall–Kier alpha value is -0.280. The van der Waals surface area contributed by atoms with Crippen LogP contribution in [0, 0.1) is 5.92 Å². The second-order valence-electron chi connectivity index (χ2n) is 3.59. The number of fused-ring (bicyclic) bond motifs is 1. The van der Waals surface area contributed by atoms with Crippen molar-refractivity contribution in [3.8, 4) is 0 Å². The van der Waals surface area contributed by atoms with Crippen LogP contribution < -0.4 is 5.32 Å². The molecule has 1 saturated heterocycles. The number of rotatable bonds is 1. The topological polar surface area (TPSA) is 49.3 Å². The molecule has 12 heavy (non-hydrogen) atoms. The van der Waals surface area contributed by atoms with Crippen molar-refractivity contribution in [1.82, 2.24) is 5.32 Å². The van der Waals surface area contributed by atoms with Crippen LogP contribution in [0.25, 0.3) is 0 Å². The van der Waals surface area contributed by atoms with E-state index in [2.05, 4.69) is 5.32 Å². The molecule has 0 amide bonds. The van der Waals surface area contributed by atoms with E-state index in [9.17, 15) is 4.79 Å². The number of hydrogen-bond acceptors (Lipinski definition) is 2. The highest BCUT2D eigenvalue weighted by Crippen LogP contribution is 2.34. The van der Waals surface area contributed by atoms with Crippen molar-refractivity contribution < 1.29 is 9.90 Å². The molecule has 2 N–H and O–H groups in total. The zero-order valence-corrected chi connectivity index (χ0v) is 7.64. The minimum atomic E-state index is -0.681. The highest BCUT2D eigenvalue weighted by atomic mass is 35.5. The summed E-state index contributed by atoms with van der Waals surface area (Å²) < 4.78 is 0. The standard InChI is InChI=1S/C8H13NO2.ClH/c10-8(11)7-4-5-2-1-3-6(5)9-7;/h5-7,9H,1-4H2,(H,10,11);1H/t5-,6-,7?;/m1./s1. The van der Waals surface area contributed by atoms with E-state index in [0.717, 1.165) is 6.42 Å². The fraction of sp³-hybridized carbons (Fsp3) is 0.875. The van der Waals surface area contributed by atoms with Crippen LogP contribution in [0.2, 0.25) is 0 Å². The van der Waals surface area contributed by atoms with Crippen LogP contribution in [0.3, 0.4) is 0 Å². The number of carbonyl (C=O) groups is 1. The number of carboxylic acids is 1. The summed E-state index contributed by atoms with van der Waals surface area (Å²) in [5.41, 5.74) is 0. The van der Waals surface area contributed by atoms with Gasteiger partial charge in [0.15, 0.2) is 0 Å². The molecule has 1 saturated carbocycles. The molecule has 0 aromatic heterocycles. The monoisotopic (exact) mass is 191 g/mol. The lowest BCUT2D eigenvalue weighted by atomic mass is 10.0. The van der Waals surface area contributed by atoms with Gasteiger partial charge in [-0.1, -0.05) is 6.42 Å². The van der Waals surface area contributed by atoms with Crippen LogP contribution in [0.5, 0.6) is 0 Å². The van der Waals surface area contributed by atoms with E-state index in [1.165, 1.54) is 19.3 Å². The molecule has 2 aliphatic rings. The fourth-order valence-electron chi connectivity index (χ4n) is 2.34. The second-order valence-corrected chi connectivity index (χ2v) is 3.59. The van der Waals surface area contributed by atoms with Crippen LogP contribution in [0.4, 0.5) is 0 Å². The van der Waals surface area contributed by atoms with Gasteiger partial charge in [0.2, 0.25) is 0 Å². The fourth-order valence-corrected chi connectivity index (χ4v) is 2.34. The Bertz CT molecular complexity index is 174. The summed E-state index contributed by atoms with van der Waals surface area (Å²) in [7, 11) is 0. The lowest BCUT2D eigenvalue weighted by Crippen LogP contribution is -2.34. The Kier molecular flexibility index (Phi) is 2.96. The van der Waals surface area contributed by atoms with Gasteiger partial charge in [0.25, 0.3) is 0 Å². The third-order valence-electron chi connectivity index (χ3n) is 2.91. The van der Waals surface area contributed by atoms with Gasteiger partial charge in [0.1, 0.15) is 6.04 Å². The SMILES string of the molecule is Cl.O=C(O)C1C[C@H]2CCC[C@H]2N1. The molecule has 1 heterocycles. The van der Waals surface area contributed by atoms with Crippen molar-refractivity contribution in [3.63, 3.8) is 0 Å². The van der Waals surface area contributed by atoms with Crippen molar-refractivity contribution in [1.29, 1.82) is 0 Å². The molecule has 1 aliphatic heterocycles. The Morgan fingerprint density at radius 3 is 2.75 bits per heavy atom. The molecular weight excluding hydrogens is 178 g/mol. The summed E-state index contributed by atoms with van der Waals surface area (Å²) in [5, 5.41) is 11.9. The molecule has 0 aromatic carbocycles. The Morgan fingerprint density at radius 2 is 2.17 bits per heavy atom. The first kappa shape index (κ1) is 9.81. The van der Waals surface area contributed by atoms with Crippen molar-refractivity contribution >= 4 is 18.4 Å². The summed E-state index contributed by atoms with van der Waals surface area (Å²) in [6, 6.07) is 0.251. The molecule has 2 fully saturated rings. The van der Waals surface area contributed by atoms with E-state index in [-0.39, 0.29) is 18.4 Å². The third-order valence-corrected chi connectivity index (χ3v) is 2.91. The lowest BCUT2D eigenvalue weighted by molar-refractivity contribution is -0.139. The zero-order valence-electron chi connectivity index (χ0n) is 6.82. The number of hydrogen-bond donors (Lipinski definition) is 2. The summed E-state index contributed by atoms with van der Waals surface area (Å²) >= 11 is 0. The van der Waals surface area contributed by atoms with E-state index >= 15 is 0 Å². The normalized spacial score (nSPS) is 38.8. The first-order valence-corrected chi connectivity index (χ1v) is 4.26. The van der Waals surface area contributed by atoms with Crippen LogP contribution in [-0.2, 0) is 4.79 Å². The summed E-state index contributed by atoms with van der Waals surface area (Å²) in [6.45, 7) is 0. The van der Waals surface area contributed by atoms with Gasteiger partial charge in [-0.05, 0) is 25.2 Å². The smallest absolute Gasteiger partial charge is 0.320 e. The molecular formula is C8H14ClNO2. The van der Waals surface area contributed by atoms with Gasteiger partial charge < -0.3 is 10.4 Å². The van der Waals surface area contributed by atoms with E-state index in [1.807, 2.05) is 0 Å². The van der Waals surface area contributed by atoms with Crippen molar-refractivity contribution in [3.05, 3.63) is 0 Å². The Morgan fingerprint density at radius 1 is 1.42 bits per heavy atom. The molecule has 4 heteroatoms. The minimum absolute atomic E-state index is 0. The first-order chi connectivity index (χ1) is 5.27. The molecule has 0 bridgehead atoms. The van der Waals surface area contributed by atoms with Crippen LogP contribution >= 0.6 is 12.4 Å². The van der Waals surface area contributed by atoms with Gasteiger partial charge in [-0.25, -0.2) is 0 Å². The summed E-state index contributed by atoms with van der Waals surface area (Å²) in [4.78, 5) is 10.6. The molecule has 2 rings (SSSR count).